The van der Waals surface area contributed by atoms with Gasteiger partial charge >= 0.3 is 0 Å². The summed E-state index contributed by atoms with van der Waals surface area (Å²) in [6, 6.07) is 18.3. The zero-order chi connectivity index (χ0) is 29.2. The third kappa shape index (κ3) is 5.10. The normalized spacial score (nSPS) is 12.1. The topological polar surface area (TPSA) is 149 Å². The van der Waals surface area contributed by atoms with Crippen molar-refractivity contribution < 1.29 is 9.52 Å². The van der Waals surface area contributed by atoms with Gasteiger partial charge in [-0.15, -0.1) is 10.2 Å². The van der Waals surface area contributed by atoms with Crippen molar-refractivity contribution >= 4 is 28.4 Å². The maximum absolute atomic E-state index is 12.7. The van der Waals surface area contributed by atoms with Crippen LogP contribution in [0.15, 0.2) is 88.5 Å². The first-order valence-corrected chi connectivity index (χ1v) is 13.4. The van der Waals surface area contributed by atoms with Gasteiger partial charge in [0.05, 0.1) is 34.7 Å². The molecule has 2 aromatic carbocycles. The largest absolute Gasteiger partial charge is 0.416 e. The number of nitrogens with zero attached hydrogens (tertiary/aromatic N) is 7. The lowest BCUT2D eigenvalue weighted by Crippen LogP contribution is -2.20. The van der Waals surface area contributed by atoms with Crippen LogP contribution in [0.3, 0.4) is 0 Å². The highest BCUT2D eigenvalue weighted by molar-refractivity contribution is 5.83. The van der Waals surface area contributed by atoms with Crippen LogP contribution >= 0.6 is 0 Å². The molecule has 12 nitrogen and oxygen atoms in total. The molecule has 0 saturated heterocycles. The first kappa shape index (κ1) is 26.8. The number of pyridine rings is 1. The van der Waals surface area contributed by atoms with E-state index in [4.69, 9.17) is 9.40 Å². The fourth-order valence-electron chi connectivity index (χ4n) is 4.90. The third-order valence-electron chi connectivity index (χ3n) is 6.89. The number of rotatable bonds is 9. The average molecular weight is 564 g/mol. The van der Waals surface area contributed by atoms with E-state index in [1.54, 1.807) is 42.5 Å². The van der Waals surface area contributed by atoms with Crippen LogP contribution in [-0.4, -0.2) is 46.2 Å². The number of hydrogen-bond acceptors (Lipinski definition) is 10. The van der Waals surface area contributed by atoms with Crippen LogP contribution in [0.2, 0.25) is 0 Å². The van der Waals surface area contributed by atoms with E-state index in [9.17, 15) is 9.90 Å². The molecule has 0 aliphatic rings. The van der Waals surface area contributed by atoms with Crippen LogP contribution in [-0.2, 0) is 7.05 Å². The maximum atomic E-state index is 12.7. The van der Waals surface area contributed by atoms with E-state index in [0.29, 0.717) is 39.9 Å². The first-order valence-electron chi connectivity index (χ1n) is 13.4. The van der Waals surface area contributed by atoms with E-state index in [-0.39, 0.29) is 24.1 Å². The molecule has 0 amide bonds. The van der Waals surface area contributed by atoms with Crippen molar-refractivity contribution in [1.29, 1.82) is 0 Å². The third-order valence-corrected chi connectivity index (χ3v) is 6.89. The Hall–Kier alpha value is -5.36. The molecule has 4 aromatic heterocycles. The molecule has 1 atom stereocenters. The maximum Gasteiger partial charge on any atom is 0.274 e. The number of aromatic nitrogens is 7. The Bertz CT molecular complexity index is 1900. The van der Waals surface area contributed by atoms with Gasteiger partial charge < -0.3 is 20.2 Å². The highest BCUT2D eigenvalue weighted by Crippen LogP contribution is 2.31. The summed E-state index contributed by atoms with van der Waals surface area (Å²) in [5, 5.41) is 25.9. The number of hydrogen-bond donors (Lipinski definition) is 3. The van der Waals surface area contributed by atoms with E-state index in [2.05, 4.69) is 30.8 Å². The van der Waals surface area contributed by atoms with E-state index in [1.165, 1.54) is 0 Å². The zero-order valence-corrected chi connectivity index (χ0v) is 23.3. The van der Waals surface area contributed by atoms with Crippen LogP contribution in [0, 0.1) is 0 Å². The summed E-state index contributed by atoms with van der Waals surface area (Å²) >= 11 is 0. The Balaban J connectivity index is 1.39. The van der Waals surface area contributed by atoms with E-state index in [0.717, 1.165) is 11.1 Å². The molecule has 0 unspecified atom stereocenters. The fourth-order valence-corrected chi connectivity index (χ4v) is 4.90. The van der Waals surface area contributed by atoms with Gasteiger partial charge in [0, 0.05) is 37.4 Å². The Kier molecular flexibility index (Phi) is 7.19. The minimum Gasteiger partial charge on any atom is -0.416 e. The van der Waals surface area contributed by atoms with Crippen LogP contribution in [0.25, 0.3) is 33.8 Å². The van der Waals surface area contributed by atoms with Gasteiger partial charge in [0.2, 0.25) is 11.8 Å². The van der Waals surface area contributed by atoms with Crippen molar-refractivity contribution in [3.8, 4) is 22.9 Å². The molecular weight excluding hydrogens is 534 g/mol. The summed E-state index contributed by atoms with van der Waals surface area (Å²) in [5.41, 5.74) is 3.47. The lowest BCUT2D eigenvalue weighted by atomic mass is 10.1. The van der Waals surface area contributed by atoms with Gasteiger partial charge in [0.25, 0.3) is 11.4 Å². The predicted molar refractivity (Wildman–Crippen MR) is 159 cm³/mol. The molecule has 0 saturated carbocycles. The van der Waals surface area contributed by atoms with Crippen molar-refractivity contribution in [2.45, 2.75) is 25.9 Å². The Labute approximate surface area is 240 Å². The van der Waals surface area contributed by atoms with E-state index >= 15 is 0 Å². The minimum atomic E-state index is -0.463. The van der Waals surface area contributed by atoms with Gasteiger partial charge in [0.1, 0.15) is 5.82 Å². The highest BCUT2D eigenvalue weighted by atomic mass is 16.4. The number of fused-ring (bicyclic) bond motifs is 1. The van der Waals surface area contributed by atoms with Crippen molar-refractivity contribution in [1.82, 2.24) is 34.5 Å². The molecule has 4 heterocycles. The summed E-state index contributed by atoms with van der Waals surface area (Å²) in [4.78, 5) is 26.1. The van der Waals surface area contributed by atoms with Crippen LogP contribution in [0.4, 0.5) is 17.5 Å². The van der Waals surface area contributed by atoms with E-state index < -0.39 is 6.04 Å². The number of aliphatic hydroxyl groups excluding tert-OH is 1. The Morgan fingerprint density at radius 3 is 2.55 bits per heavy atom. The van der Waals surface area contributed by atoms with Crippen LogP contribution in [0.1, 0.15) is 31.5 Å². The van der Waals surface area contributed by atoms with Crippen molar-refractivity contribution in [3.63, 3.8) is 0 Å². The quantitative estimate of drug-likeness (QED) is 0.226. The number of anilines is 3. The molecular formula is C30H29N9O3. The van der Waals surface area contributed by atoms with Crippen molar-refractivity contribution in [2.75, 3.05) is 17.2 Å². The van der Waals surface area contributed by atoms with Gasteiger partial charge in [0.15, 0.2) is 0 Å². The van der Waals surface area contributed by atoms with E-state index in [1.807, 2.05) is 67.1 Å². The zero-order valence-electron chi connectivity index (χ0n) is 23.3. The summed E-state index contributed by atoms with van der Waals surface area (Å²) in [7, 11) is 1.76. The summed E-state index contributed by atoms with van der Waals surface area (Å²) in [6.45, 7) is 3.87. The second kappa shape index (κ2) is 11.3. The smallest absolute Gasteiger partial charge is 0.274 e. The summed E-state index contributed by atoms with van der Waals surface area (Å²) in [6.07, 6.45) is 4.89. The van der Waals surface area contributed by atoms with Gasteiger partial charge in [-0.1, -0.05) is 30.3 Å². The second-order valence-corrected chi connectivity index (χ2v) is 10.0. The van der Waals surface area contributed by atoms with Gasteiger partial charge in [-0.2, -0.15) is 4.98 Å². The van der Waals surface area contributed by atoms with Gasteiger partial charge in [-0.3, -0.25) is 19.1 Å². The molecule has 3 N–H and O–H groups in total. The molecule has 6 rings (SSSR count). The standard InChI is InChI=1S/C30H29N9O3/c1-18(2)39-25-14-21(11-12-22(25)29(41)38(39)3)33-30-32-16-23(28-37-36-27(42-28)20-10-7-13-31-15-20)26(35-30)34-24(17-40)19-8-5-4-6-9-19/h4-16,18,24,40H,17H2,1-3H3,(H2,32,33,34,35)/t24-/m1/s1. The van der Waals surface area contributed by atoms with Crippen LogP contribution < -0.4 is 16.2 Å². The number of benzene rings is 2. The molecule has 212 valence electrons. The molecule has 0 aliphatic carbocycles. The molecule has 0 radical (unpaired) electrons. The second-order valence-electron chi connectivity index (χ2n) is 10.0. The molecule has 12 heteroatoms. The first-order chi connectivity index (χ1) is 20.4. The molecule has 0 fully saturated rings. The van der Waals surface area contributed by atoms with Gasteiger partial charge in [-0.25, -0.2) is 4.98 Å². The van der Waals surface area contributed by atoms with Crippen LogP contribution in [0.5, 0.6) is 0 Å². The minimum absolute atomic E-state index is 0.0569. The summed E-state index contributed by atoms with van der Waals surface area (Å²) in [5.74, 6) is 1.20. The molecule has 6 aromatic rings. The Morgan fingerprint density at radius 2 is 1.81 bits per heavy atom. The molecule has 0 bridgehead atoms. The molecule has 42 heavy (non-hydrogen) atoms. The molecule has 0 aliphatic heterocycles. The fraction of sp³-hybridized carbons (Fsp3) is 0.200. The number of nitrogens with one attached hydrogen (secondary N) is 2. The Morgan fingerprint density at radius 1 is 1.00 bits per heavy atom. The lowest BCUT2D eigenvalue weighted by Gasteiger charge is -2.19. The monoisotopic (exact) mass is 563 g/mol. The molecule has 0 spiro atoms. The average Bonchev–Trinajstić information content (AvgIpc) is 3.60. The summed E-state index contributed by atoms with van der Waals surface area (Å²) < 4.78 is 9.54. The van der Waals surface area contributed by atoms with Crippen molar-refractivity contribution in [2.24, 2.45) is 7.05 Å². The van der Waals surface area contributed by atoms with Crippen molar-refractivity contribution in [3.05, 3.63) is 95.2 Å². The highest BCUT2D eigenvalue weighted by Gasteiger charge is 2.21. The van der Waals surface area contributed by atoms with Gasteiger partial charge in [-0.05, 0) is 49.7 Å². The SMILES string of the molecule is CC(C)n1c2cc(Nc3ncc(-c4nnc(-c5cccnc5)o4)c(N[C@H](CO)c4ccccc4)n3)ccc2c(=O)n1C. The predicted octanol–water partition coefficient (Wildman–Crippen LogP) is 4.71. The lowest BCUT2D eigenvalue weighted by molar-refractivity contribution is 0.276. The number of aliphatic hydroxyl groups is 1.